The quantitative estimate of drug-likeness (QED) is 0.806. The van der Waals surface area contributed by atoms with Gasteiger partial charge in [0, 0.05) is 10.5 Å². The second kappa shape index (κ2) is 5.48. The molecule has 0 saturated heterocycles. The first-order chi connectivity index (χ1) is 9.06. The smallest absolute Gasteiger partial charge is 0.201 e. The highest BCUT2D eigenvalue weighted by atomic mass is 79.9. The zero-order chi connectivity index (χ0) is 14.0. The second-order valence-corrected chi connectivity index (χ2v) is 4.82. The van der Waals surface area contributed by atoms with Crippen molar-refractivity contribution in [3.05, 3.63) is 45.8 Å². The fourth-order valence-electron chi connectivity index (χ4n) is 1.76. The molecule has 0 N–H and O–H groups in total. The minimum Gasteiger partial charge on any atom is -0.497 e. The number of methoxy groups -OCH3 is 2. The largest absolute Gasteiger partial charge is 0.497 e. The number of furan rings is 1. The van der Waals surface area contributed by atoms with Crippen LogP contribution in [0.3, 0.4) is 0 Å². The topological polar surface area (TPSA) is 48.7 Å². The van der Waals surface area contributed by atoms with Crippen LogP contribution >= 0.6 is 15.9 Å². The fourth-order valence-corrected chi connectivity index (χ4v) is 2.36. The van der Waals surface area contributed by atoms with Crippen LogP contribution in [0.2, 0.25) is 0 Å². The number of hydrogen-bond acceptors (Lipinski definition) is 4. The Kier molecular flexibility index (Phi) is 3.95. The number of rotatable bonds is 4. The Morgan fingerprint density at radius 3 is 2.47 bits per heavy atom. The predicted octanol–water partition coefficient (Wildman–Crippen LogP) is 3.60. The first kappa shape index (κ1) is 13.7. The van der Waals surface area contributed by atoms with Crippen LogP contribution in [0.5, 0.6) is 11.5 Å². The minimum atomic E-state index is -0.164. The van der Waals surface area contributed by atoms with Gasteiger partial charge in [0.1, 0.15) is 23.5 Å². The molecular formula is C14H13BrO4. The lowest BCUT2D eigenvalue weighted by Gasteiger charge is -2.11. The summed E-state index contributed by atoms with van der Waals surface area (Å²) in [7, 11) is 3.07. The number of ether oxygens (including phenoxy) is 2. The molecule has 0 aliphatic rings. The van der Waals surface area contributed by atoms with Gasteiger partial charge in [-0.2, -0.15) is 0 Å². The van der Waals surface area contributed by atoms with Crippen molar-refractivity contribution in [2.45, 2.75) is 6.92 Å². The van der Waals surface area contributed by atoms with Gasteiger partial charge in [0.15, 0.2) is 0 Å². The lowest BCUT2D eigenvalue weighted by molar-refractivity contribution is 0.103. The molecule has 0 aliphatic carbocycles. The molecule has 0 saturated carbocycles. The van der Waals surface area contributed by atoms with Gasteiger partial charge in [0.05, 0.1) is 25.3 Å². The van der Waals surface area contributed by atoms with Crippen molar-refractivity contribution >= 4 is 21.7 Å². The van der Waals surface area contributed by atoms with Crippen molar-refractivity contribution in [1.82, 2.24) is 0 Å². The van der Waals surface area contributed by atoms with E-state index in [2.05, 4.69) is 15.9 Å². The normalized spacial score (nSPS) is 10.3. The molecule has 2 rings (SSSR count). The Hall–Kier alpha value is -1.75. The fraction of sp³-hybridized carbons (Fsp3) is 0.214. The van der Waals surface area contributed by atoms with Crippen LogP contribution in [-0.2, 0) is 0 Å². The SMILES string of the molecule is COc1cc(Br)c(C(=O)c2coc(C)c2)c(OC)c1. The minimum absolute atomic E-state index is 0.164. The van der Waals surface area contributed by atoms with Crippen LogP contribution in [-0.4, -0.2) is 20.0 Å². The first-order valence-corrected chi connectivity index (χ1v) is 6.37. The van der Waals surface area contributed by atoms with Crippen molar-refractivity contribution in [2.75, 3.05) is 14.2 Å². The predicted molar refractivity (Wildman–Crippen MR) is 74.1 cm³/mol. The van der Waals surface area contributed by atoms with E-state index in [1.807, 2.05) is 0 Å². The first-order valence-electron chi connectivity index (χ1n) is 5.58. The third-order valence-corrected chi connectivity index (χ3v) is 3.33. The number of carbonyl (C=O) groups is 1. The molecule has 2 aromatic rings. The lowest BCUT2D eigenvalue weighted by Crippen LogP contribution is -2.04. The van der Waals surface area contributed by atoms with E-state index in [9.17, 15) is 4.79 Å². The zero-order valence-corrected chi connectivity index (χ0v) is 12.4. The summed E-state index contributed by atoms with van der Waals surface area (Å²) in [5.41, 5.74) is 0.936. The molecule has 0 fully saturated rings. The van der Waals surface area contributed by atoms with E-state index in [4.69, 9.17) is 13.9 Å². The van der Waals surface area contributed by atoms with Crippen LogP contribution in [0, 0.1) is 6.92 Å². The lowest BCUT2D eigenvalue weighted by atomic mass is 10.0. The third-order valence-electron chi connectivity index (χ3n) is 2.70. The summed E-state index contributed by atoms with van der Waals surface area (Å²) in [5, 5.41) is 0. The third kappa shape index (κ3) is 2.66. The summed E-state index contributed by atoms with van der Waals surface area (Å²) in [5.74, 6) is 1.59. The van der Waals surface area contributed by atoms with E-state index >= 15 is 0 Å². The summed E-state index contributed by atoms with van der Waals surface area (Å²) in [6.45, 7) is 1.79. The molecule has 0 amide bonds. The molecule has 5 heteroatoms. The van der Waals surface area contributed by atoms with Gasteiger partial charge in [-0.1, -0.05) is 0 Å². The van der Waals surface area contributed by atoms with Crippen LogP contribution in [0.25, 0.3) is 0 Å². The van der Waals surface area contributed by atoms with Gasteiger partial charge in [-0.3, -0.25) is 4.79 Å². The van der Waals surface area contributed by atoms with Crippen LogP contribution < -0.4 is 9.47 Å². The summed E-state index contributed by atoms with van der Waals surface area (Å²) < 4.78 is 16.2. The number of halogens is 1. The van der Waals surface area contributed by atoms with E-state index < -0.39 is 0 Å². The van der Waals surface area contributed by atoms with E-state index in [-0.39, 0.29) is 5.78 Å². The molecule has 0 radical (unpaired) electrons. The molecule has 1 aromatic heterocycles. The van der Waals surface area contributed by atoms with E-state index in [0.717, 1.165) is 0 Å². The Bertz CT molecular complexity index is 616. The van der Waals surface area contributed by atoms with Crippen molar-refractivity contribution < 1.29 is 18.7 Å². The van der Waals surface area contributed by atoms with Gasteiger partial charge in [-0.25, -0.2) is 0 Å². The molecule has 0 aliphatic heterocycles. The van der Waals surface area contributed by atoms with Crippen LogP contribution in [0.1, 0.15) is 21.7 Å². The zero-order valence-electron chi connectivity index (χ0n) is 10.8. The van der Waals surface area contributed by atoms with E-state index in [1.54, 1.807) is 32.2 Å². The highest BCUT2D eigenvalue weighted by Gasteiger charge is 2.20. The average Bonchev–Trinajstić information content (AvgIpc) is 2.83. The molecule has 1 aromatic carbocycles. The van der Waals surface area contributed by atoms with Gasteiger partial charge in [-0.15, -0.1) is 0 Å². The molecule has 0 unspecified atom stereocenters. The molecule has 100 valence electrons. The summed E-state index contributed by atoms with van der Waals surface area (Å²) >= 11 is 3.37. The Labute approximate surface area is 119 Å². The maximum absolute atomic E-state index is 12.4. The molecule has 1 heterocycles. The van der Waals surface area contributed by atoms with E-state index in [0.29, 0.717) is 32.9 Å². The summed E-state index contributed by atoms with van der Waals surface area (Å²) in [6.07, 6.45) is 1.44. The van der Waals surface area contributed by atoms with Crippen molar-refractivity contribution in [1.29, 1.82) is 0 Å². The van der Waals surface area contributed by atoms with E-state index in [1.165, 1.54) is 13.4 Å². The van der Waals surface area contributed by atoms with Crippen molar-refractivity contribution in [3.63, 3.8) is 0 Å². The maximum Gasteiger partial charge on any atom is 0.201 e. The van der Waals surface area contributed by atoms with Gasteiger partial charge < -0.3 is 13.9 Å². The molecule has 4 nitrogen and oxygen atoms in total. The average molecular weight is 325 g/mol. The van der Waals surface area contributed by atoms with Gasteiger partial charge in [0.2, 0.25) is 5.78 Å². The van der Waals surface area contributed by atoms with Gasteiger partial charge in [-0.05, 0) is 35.0 Å². The number of ketones is 1. The number of benzene rings is 1. The monoisotopic (exact) mass is 324 g/mol. The molecular weight excluding hydrogens is 312 g/mol. The van der Waals surface area contributed by atoms with Crippen molar-refractivity contribution in [3.8, 4) is 11.5 Å². The maximum atomic E-state index is 12.4. The molecule has 0 spiro atoms. The number of aryl methyl sites for hydroxylation is 1. The molecule has 0 atom stereocenters. The van der Waals surface area contributed by atoms with Gasteiger partial charge >= 0.3 is 0 Å². The summed E-state index contributed by atoms with van der Waals surface area (Å²) in [6, 6.07) is 5.09. The Balaban J connectivity index is 2.52. The highest BCUT2D eigenvalue weighted by Crippen LogP contribution is 2.34. The number of carbonyl (C=O) groups excluding carboxylic acids is 1. The molecule has 19 heavy (non-hydrogen) atoms. The standard InChI is InChI=1S/C14H13BrO4/c1-8-4-9(7-19-8)14(16)13-11(15)5-10(17-2)6-12(13)18-3/h4-7H,1-3H3. The Morgan fingerprint density at radius 1 is 1.21 bits per heavy atom. The Morgan fingerprint density at radius 2 is 1.95 bits per heavy atom. The van der Waals surface area contributed by atoms with Gasteiger partial charge in [0.25, 0.3) is 0 Å². The van der Waals surface area contributed by atoms with Crippen molar-refractivity contribution in [2.24, 2.45) is 0 Å². The van der Waals surface area contributed by atoms with Crippen LogP contribution in [0.4, 0.5) is 0 Å². The second-order valence-electron chi connectivity index (χ2n) is 3.96. The van der Waals surface area contributed by atoms with Crippen LogP contribution in [0.15, 0.2) is 33.4 Å². The number of hydrogen-bond donors (Lipinski definition) is 0. The highest BCUT2D eigenvalue weighted by molar-refractivity contribution is 9.10. The molecule has 0 bridgehead atoms. The summed E-state index contributed by atoms with van der Waals surface area (Å²) in [4.78, 5) is 12.4.